The predicted octanol–water partition coefficient (Wildman–Crippen LogP) is 8.22. The fourth-order valence-corrected chi connectivity index (χ4v) is 4.50. The van der Waals surface area contributed by atoms with Crippen LogP contribution in [0.25, 0.3) is 16.7 Å². The molecule has 1 N–H and O–H groups in total. The first-order valence-corrected chi connectivity index (χ1v) is 12.7. The van der Waals surface area contributed by atoms with Crippen LogP contribution in [0.15, 0.2) is 108 Å². The van der Waals surface area contributed by atoms with Gasteiger partial charge in [0.15, 0.2) is 6.10 Å². The van der Waals surface area contributed by atoms with E-state index in [2.05, 4.69) is 30.3 Å². The molecule has 0 bridgehead atoms. The third kappa shape index (κ3) is 6.78. The average molecular weight is 519 g/mol. The van der Waals surface area contributed by atoms with Crippen molar-refractivity contribution in [2.24, 2.45) is 0 Å². The van der Waals surface area contributed by atoms with Crippen molar-refractivity contribution >= 4 is 34.9 Å². The van der Waals surface area contributed by atoms with Crippen LogP contribution in [0, 0.1) is 5.82 Å². The number of hydrogen-bond acceptors (Lipinski definition) is 3. The summed E-state index contributed by atoms with van der Waals surface area (Å²) in [4.78, 5) is 12.0. The number of carboxylic acid groups (broad SMARTS) is 1. The topological polar surface area (TPSA) is 46.5 Å². The molecule has 4 aromatic carbocycles. The minimum atomic E-state index is -1.01. The van der Waals surface area contributed by atoms with E-state index in [1.54, 1.807) is 36.0 Å². The highest BCUT2D eigenvalue weighted by molar-refractivity contribution is 7.99. The maximum atomic E-state index is 13.6. The van der Waals surface area contributed by atoms with Gasteiger partial charge in [0, 0.05) is 15.7 Å². The fraction of sp³-hybridized carbons (Fsp3) is 0.100. The molecule has 0 saturated carbocycles. The Morgan fingerprint density at radius 3 is 1.97 bits per heavy atom. The molecule has 0 spiro atoms. The van der Waals surface area contributed by atoms with Crippen LogP contribution in [0.3, 0.4) is 0 Å². The van der Waals surface area contributed by atoms with Gasteiger partial charge >= 0.3 is 5.97 Å². The second kappa shape index (κ2) is 11.9. The molecule has 1 atom stereocenters. The lowest BCUT2D eigenvalue weighted by Gasteiger charge is -2.11. The van der Waals surface area contributed by atoms with Gasteiger partial charge in [-0.05, 0) is 83.3 Å². The molecule has 182 valence electrons. The molecule has 0 aromatic heterocycles. The predicted molar refractivity (Wildman–Crippen MR) is 145 cm³/mol. The average Bonchev–Trinajstić information content (AvgIpc) is 2.89. The lowest BCUT2D eigenvalue weighted by Crippen LogP contribution is -2.22. The Balaban J connectivity index is 1.52. The molecule has 36 heavy (non-hydrogen) atoms. The molecule has 0 heterocycles. The summed E-state index contributed by atoms with van der Waals surface area (Å²) in [6, 6.07) is 29.8. The Morgan fingerprint density at radius 2 is 1.42 bits per heavy atom. The van der Waals surface area contributed by atoms with Crippen LogP contribution in [-0.4, -0.2) is 22.9 Å². The number of thioether (sulfide) groups is 1. The molecular formula is C30H24ClFO3S. The molecule has 0 saturated heterocycles. The number of hydrogen-bond donors (Lipinski definition) is 1. The number of carboxylic acids is 1. The Morgan fingerprint density at radius 1 is 0.889 bits per heavy atom. The maximum absolute atomic E-state index is 13.6. The van der Waals surface area contributed by atoms with Gasteiger partial charge < -0.3 is 9.84 Å². The van der Waals surface area contributed by atoms with Crippen molar-refractivity contribution in [3.63, 3.8) is 0 Å². The van der Waals surface area contributed by atoms with E-state index in [1.165, 1.54) is 19.1 Å². The standard InChI is InChI=1S/C30H24ClFO3S/c1-20(30(33)34)35-27-14-16-28(17-15-27)36-19-18-29(24-8-12-26(32)13-9-24)23-4-2-21(3-5-23)22-6-10-25(31)11-7-22/h2-18,20H,19H2,1H3,(H,33,34). The van der Waals surface area contributed by atoms with Crippen LogP contribution < -0.4 is 4.74 Å². The van der Waals surface area contributed by atoms with Crippen molar-refractivity contribution < 1.29 is 19.0 Å². The summed E-state index contributed by atoms with van der Waals surface area (Å²) in [5.74, 6) is -0.0760. The third-order valence-electron chi connectivity index (χ3n) is 5.55. The summed E-state index contributed by atoms with van der Waals surface area (Å²) >= 11 is 7.65. The largest absolute Gasteiger partial charge is 0.479 e. The van der Waals surface area contributed by atoms with Crippen LogP contribution in [-0.2, 0) is 4.79 Å². The van der Waals surface area contributed by atoms with Gasteiger partial charge in [-0.15, -0.1) is 11.8 Å². The molecule has 3 nitrogen and oxygen atoms in total. The zero-order valence-corrected chi connectivity index (χ0v) is 21.1. The molecule has 0 aliphatic rings. The quantitative estimate of drug-likeness (QED) is 0.227. The summed E-state index contributed by atoms with van der Waals surface area (Å²) in [6.45, 7) is 1.49. The lowest BCUT2D eigenvalue weighted by atomic mass is 9.95. The number of halogens is 2. The highest BCUT2D eigenvalue weighted by atomic mass is 35.5. The van der Waals surface area contributed by atoms with Crippen molar-refractivity contribution in [3.8, 4) is 16.9 Å². The van der Waals surface area contributed by atoms with Crippen molar-refractivity contribution in [1.82, 2.24) is 0 Å². The van der Waals surface area contributed by atoms with Crippen LogP contribution in [0.1, 0.15) is 18.1 Å². The normalized spacial score (nSPS) is 12.2. The Hall–Kier alpha value is -3.54. The first-order valence-electron chi connectivity index (χ1n) is 11.3. The van der Waals surface area contributed by atoms with E-state index in [0.717, 1.165) is 32.7 Å². The van der Waals surface area contributed by atoms with Crippen LogP contribution >= 0.6 is 23.4 Å². The highest BCUT2D eigenvalue weighted by Crippen LogP contribution is 2.29. The fourth-order valence-electron chi connectivity index (χ4n) is 3.61. The molecule has 0 radical (unpaired) electrons. The van der Waals surface area contributed by atoms with E-state index in [9.17, 15) is 9.18 Å². The maximum Gasteiger partial charge on any atom is 0.344 e. The van der Waals surface area contributed by atoms with E-state index in [1.807, 2.05) is 36.4 Å². The SMILES string of the molecule is CC(Oc1ccc(SCC=C(c2ccc(F)cc2)c2ccc(-c3ccc(Cl)cc3)cc2)cc1)C(=O)O. The van der Waals surface area contributed by atoms with Gasteiger partial charge in [-0.3, -0.25) is 0 Å². The summed E-state index contributed by atoms with van der Waals surface area (Å²) in [7, 11) is 0. The summed E-state index contributed by atoms with van der Waals surface area (Å²) in [5.41, 5.74) is 5.15. The van der Waals surface area contributed by atoms with Gasteiger partial charge in [0.25, 0.3) is 0 Å². The molecule has 0 fully saturated rings. The van der Waals surface area contributed by atoms with Crippen LogP contribution in [0.2, 0.25) is 5.02 Å². The second-order valence-corrected chi connectivity index (χ2v) is 9.62. The highest BCUT2D eigenvalue weighted by Gasteiger charge is 2.12. The molecular weight excluding hydrogens is 495 g/mol. The van der Waals surface area contributed by atoms with Gasteiger partial charge in [0.1, 0.15) is 11.6 Å². The summed E-state index contributed by atoms with van der Waals surface area (Å²) in [5, 5.41) is 9.69. The molecule has 0 aliphatic heterocycles. The second-order valence-electron chi connectivity index (χ2n) is 8.09. The van der Waals surface area contributed by atoms with E-state index < -0.39 is 12.1 Å². The van der Waals surface area contributed by atoms with Gasteiger partial charge in [-0.1, -0.05) is 66.2 Å². The Kier molecular flexibility index (Phi) is 8.47. The third-order valence-corrected chi connectivity index (χ3v) is 6.74. The Bertz CT molecular complexity index is 1330. The van der Waals surface area contributed by atoms with Gasteiger partial charge in [-0.25, -0.2) is 9.18 Å². The number of carbonyl (C=O) groups is 1. The molecule has 4 aromatic rings. The molecule has 0 aliphatic carbocycles. The van der Waals surface area contributed by atoms with E-state index in [4.69, 9.17) is 21.4 Å². The molecule has 6 heteroatoms. The summed E-state index contributed by atoms with van der Waals surface area (Å²) in [6.07, 6.45) is 1.22. The van der Waals surface area contributed by atoms with E-state index in [-0.39, 0.29) is 5.82 Å². The van der Waals surface area contributed by atoms with Crippen molar-refractivity contribution in [3.05, 3.63) is 125 Å². The first-order chi connectivity index (χ1) is 17.4. The van der Waals surface area contributed by atoms with Gasteiger partial charge in [0.2, 0.25) is 0 Å². The molecule has 4 rings (SSSR count). The van der Waals surface area contributed by atoms with Crippen LogP contribution in [0.4, 0.5) is 4.39 Å². The van der Waals surface area contributed by atoms with E-state index >= 15 is 0 Å². The Labute approximate surface area is 219 Å². The zero-order valence-electron chi connectivity index (χ0n) is 19.5. The molecule has 1 unspecified atom stereocenters. The number of ether oxygens (including phenoxy) is 1. The monoisotopic (exact) mass is 518 g/mol. The van der Waals surface area contributed by atoms with Crippen molar-refractivity contribution in [1.29, 1.82) is 0 Å². The minimum absolute atomic E-state index is 0.273. The first kappa shape index (κ1) is 25.5. The van der Waals surface area contributed by atoms with Crippen molar-refractivity contribution in [2.75, 3.05) is 5.75 Å². The zero-order chi connectivity index (χ0) is 25.5. The lowest BCUT2D eigenvalue weighted by molar-refractivity contribution is -0.144. The number of aliphatic carboxylic acids is 1. The van der Waals surface area contributed by atoms with Gasteiger partial charge in [-0.2, -0.15) is 0 Å². The van der Waals surface area contributed by atoms with Crippen LogP contribution in [0.5, 0.6) is 5.75 Å². The van der Waals surface area contributed by atoms with Gasteiger partial charge in [0.05, 0.1) is 0 Å². The van der Waals surface area contributed by atoms with Crippen molar-refractivity contribution in [2.45, 2.75) is 17.9 Å². The molecule has 0 amide bonds. The smallest absolute Gasteiger partial charge is 0.344 e. The summed E-state index contributed by atoms with van der Waals surface area (Å²) < 4.78 is 19.0. The number of rotatable bonds is 9. The van der Waals surface area contributed by atoms with E-state index in [0.29, 0.717) is 16.5 Å². The number of benzene rings is 4. The minimum Gasteiger partial charge on any atom is -0.479 e.